The van der Waals surface area contributed by atoms with Gasteiger partial charge in [-0.25, -0.2) is 4.39 Å². The molecule has 0 aliphatic carbocycles. The number of benzene rings is 1. The first-order valence-corrected chi connectivity index (χ1v) is 6.68. The molecule has 0 saturated carbocycles. The van der Waals surface area contributed by atoms with Crippen LogP contribution < -0.4 is 0 Å². The van der Waals surface area contributed by atoms with Crippen LogP contribution in [0.25, 0.3) is 0 Å². The van der Waals surface area contributed by atoms with E-state index in [4.69, 9.17) is 11.6 Å². The summed E-state index contributed by atoms with van der Waals surface area (Å²) in [7, 11) is 0. The van der Waals surface area contributed by atoms with Gasteiger partial charge in [0.15, 0.2) is 0 Å². The Kier molecular flexibility index (Phi) is 4.98. The Bertz CT molecular complexity index is 417. The zero-order valence-corrected chi connectivity index (χ0v) is 11.6. The fourth-order valence-corrected chi connectivity index (χ4v) is 1.79. The van der Waals surface area contributed by atoms with Crippen molar-refractivity contribution in [2.45, 2.75) is 31.9 Å². The second kappa shape index (κ2) is 5.85. The molecule has 94 valence electrons. The lowest BCUT2D eigenvalue weighted by atomic mass is 10.1. The molecule has 0 aliphatic heterocycles. The first kappa shape index (κ1) is 14.5. The highest BCUT2D eigenvalue weighted by molar-refractivity contribution is 7.91. The van der Waals surface area contributed by atoms with E-state index >= 15 is 0 Å². The van der Waals surface area contributed by atoms with Crippen LogP contribution >= 0.6 is 11.6 Å². The minimum Gasteiger partial charge on any atom is -0.591 e. The van der Waals surface area contributed by atoms with E-state index in [1.54, 1.807) is 12.1 Å². The first-order chi connectivity index (χ1) is 7.82. The van der Waals surface area contributed by atoms with E-state index in [0.29, 0.717) is 5.56 Å². The molecule has 0 radical (unpaired) electrons. The summed E-state index contributed by atoms with van der Waals surface area (Å²) in [4.78, 5) is 0. The molecule has 0 heterocycles. The molecule has 1 unspecified atom stereocenters. The topological polar surface area (TPSA) is 35.4 Å². The molecule has 2 nitrogen and oxygen atoms in total. The Morgan fingerprint density at radius 3 is 2.71 bits per heavy atom. The van der Waals surface area contributed by atoms with Gasteiger partial charge in [0.1, 0.15) is 21.9 Å². The van der Waals surface area contributed by atoms with Crippen molar-refractivity contribution in [2.24, 2.45) is 4.40 Å². The van der Waals surface area contributed by atoms with Crippen molar-refractivity contribution in [1.82, 2.24) is 0 Å². The molecular formula is C12H15ClFNOS. The van der Waals surface area contributed by atoms with Crippen molar-refractivity contribution in [3.05, 3.63) is 34.6 Å². The zero-order chi connectivity index (χ0) is 13.1. The van der Waals surface area contributed by atoms with Crippen LogP contribution in [-0.4, -0.2) is 15.5 Å². The summed E-state index contributed by atoms with van der Waals surface area (Å²) < 4.78 is 28.6. The Labute approximate surface area is 109 Å². The molecule has 1 rings (SSSR count). The van der Waals surface area contributed by atoms with Gasteiger partial charge in [-0.3, -0.25) is 0 Å². The number of hydrogen-bond acceptors (Lipinski definition) is 2. The van der Waals surface area contributed by atoms with Gasteiger partial charge in [0.05, 0.1) is 11.2 Å². The van der Waals surface area contributed by atoms with Crippen LogP contribution in [0.4, 0.5) is 4.39 Å². The fraction of sp³-hybridized carbons (Fsp3) is 0.417. The number of rotatable bonds is 3. The molecule has 1 aromatic carbocycles. The first-order valence-electron chi connectivity index (χ1n) is 5.20. The van der Waals surface area contributed by atoms with E-state index in [2.05, 4.69) is 4.40 Å². The minimum atomic E-state index is -1.31. The van der Waals surface area contributed by atoms with E-state index in [1.165, 1.54) is 12.3 Å². The Hall–Kier alpha value is -0.580. The van der Waals surface area contributed by atoms with E-state index < -0.39 is 21.9 Å². The highest BCUT2D eigenvalue weighted by Crippen LogP contribution is 2.19. The summed E-state index contributed by atoms with van der Waals surface area (Å²) in [6, 6.07) is 4.80. The summed E-state index contributed by atoms with van der Waals surface area (Å²) in [6.07, 6.45) is 1.75. The van der Waals surface area contributed by atoms with Gasteiger partial charge >= 0.3 is 0 Å². The van der Waals surface area contributed by atoms with E-state index in [0.717, 1.165) is 0 Å². The third-order valence-electron chi connectivity index (χ3n) is 2.04. The largest absolute Gasteiger partial charge is 0.591 e. The summed E-state index contributed by atoms with van der Waals surface area (Å²) in [5.41, 5.74) is 0.451. The molecule has 0 fully saturated rings. The molecular weight excluding hydrogens is 261 g/mol. The number of hydrogen-bond donors (Lipinski definition) is 0. The standard InChI is InChI=1S/C12H15ClFNOS/c1-12(2,3)17(16)15-8-7-9-5-4-6-10(13)11(9)14/h4-6,8H,7H2,1-3H3/b15-8+. The summed E-state index contributed by atoms with van der Waals surface area (Å²) >= 11 is 4.34. The van der Waals surface area contributed by atoms with Crippen LogP contribution in [-0.2, 0) is 17.8 Å². The van der Waals surface area contributed by atoms with Crippen molar-refractivity contribution >= 4 is 29.2 Å². The predicted molar refractivity (Wildman–Crippen MR) is 71.5 cm³/mol. The van der Waals surface area contributed by atoms with E-state index in [9.17, 15) is 8.94 Å². The van der Waals surface area contributed by atoms with Gasteiger partial charge in [0.2, 0.25) is 0 Å². The highest BCUT2D eigenvalue weighted by Gasteiger charge is 2.25. The molecule has 1 aromatic rings. The van der Waals surface area contributed by atoms with Crippen molar-refractivity contribution < 1.29 is 8.94 Å². The van der Waals surface area contributed by atoms with Crippen molar-refractivity contribution in [1.29, 1.82) is 0 Å². The zero-order valence-electron chi connectivity index (χ0n) is 10.0. The number of halogens is 2. The molecule has 0 saturated heterocycles. The molecule has 0 N–H and O–H groups in total. The summed E-state index contributed by atoms with van der Waals surface area (Å²) in [6.45, 7) is 5.50. The Morgan fingerprint density at radius 1 is 1.47 bits per heavy atom. The quantitative estimate of drug-likeness (QED) is 0.614. The maximum absolute atomic E-state index is 13.5. The van der Waals surface area contributed by atoms with Crippen LogP contribution in [0.2, 0.25) is 5.02 Å². The average molecular weight is 276 g/mol. The second-order valence-electron chi connectivity index (χ2n) is 4.57. The normalized spacial score (nSPS) is 14.2. The minimum absolute atomic E-state index is 0.0906. The van der Waals surface area contributed by atoms with Gasteiger partial charge in [0, 0.05) is 6.42 Å². The fourth-order valence-electron chi connectivity index (χ4n) is 1.07. The predicted octanol–water partition coefficient (Wildman–Crippen LogP) is 3.55. The Balaban J connectivity index is 2.68. The van der Waals surface area contributed by atoms with Gasteiger partial charge in [-0.1, -0.05) is 28.1 Å². The van der Waals surface area contributed by atoms with Crippen LogP contribution in [0.3, 0.4) is 0 Å². The van der Waals surface area contributed by atoms with Crippen LogP contribution in [0.1, 0.15) is 26.3 Å². The number of nitrogens with zero attached hydrogens (tertiary/aromatic N) is 1. The lowest BCUT2D eigenvalue weighted by Gasteiger charge is -2.17. The van der Waals surface area contributed by atoms with Crippen molar-refractivity contribution in [2.75, 3.05) is 0 Å². The van der Waals surface area contributed by atoms with Crippen LogP contribution in [0, 0.1) is 5.82 Å². The molecule has 0 spiro atoms. The van der Waals surface area contributed by atoms with Crippen molar-refractivity contribution in [3.63, 3.8) is 0 Å². The lowest BCUT2D eigenvalue weighted by molar-refractivity contribution is 0.561. The van der Waals surface area contributed by atoms with E-state index in [1.807, 2.05) is 20.8 Å². The molecule has 0 bridgehead atoms. The molecule has 0 amide bonds. The van der Waals surface area contributed by atoms with Crippen molar-refractivity contribution in [3.8, 4) is 0 Å². The highest BCUT2D eigenvalue weighted by atomic mass is 35.5. The van der Waals surface area contributed by atoms with Gasteiger partial charge in [-0.15, -0.1) is 0 Å². The molecule has 0 aliphatic rings. The second-order valence-corrected chi connectivity index (χ2v) is 6.91. The maximum atomic E-state index is 13.5. The average Bonchev–Trinajstić information content (AvgIpc) is 2.22. The SMILES string of the molecule is CC(C)(C)[S+]([O-])/N=C/Cc1cccc(Cl)c1F. The van der Waals surface area contributed by atoms with Gasteiger partial charge in [0.25, 0.3) is 0 Å². The van der Waals surface area contributed by atoms with Gasteiger partial charge < -0.3 is 4.55 Å². The van der Waals surface area contributed by atoms with Crippen LogP contribution in [0.5, 0.6) is 0 Å². The maximum Gasteiger partial charge on any atom is 0.145 e. The van der Waals surface area contributed by atoms with Gasteiger partial charge in [-0.05, 0) is 32.4 Å². The molecule has 0 aromatic heterocycles. The molecule has 17 heavy (non-hydrogen) atoms. The van der Waals surface area contributed by atoms with E-state index in [-0.39, 0.29) is 11.4 Å². The molecule has 1 atom stereocenters. The third kappa shape index (κ3) is 4.30. The monoisotopic (exact) mass is 275 g/mol. The summed E-state index contributed by atoms with van der Waals surface area (Å²) in [5, 5.41) is 0.0906. The van der Waals surface area contributed by atoms with Crippen LogP contribution in [0.15, 0.2) is 22.6 Å². The third-order valence-corrected chi connectivity index (χ3v) is 3.72. The summed E-state index contributed by atoms with van der Waals surface area (Å²) in [5.74, 6) is -0.442. The lowest BCUT2D eigenvalue weighted by Crippen LogP contribution is -2.25. The Morgan fingerprint density at radius 2 is 2.12 bits per heavy atom. The van der Waals surface area contributed by atoms with Gasteiger partial charge in [-0.2, -0.15) is 0 Å². The molecule has 5 heteroatoms. The smallest absolute Gasteiger partial charge is 0.145 e.